The summed E-state index contributed by atoms with van der Waals surface area (Å²) in [5.74, 6) is -3.13. The van der Waals surface area contributed by atoms with E-state index in [9.17, 15) is 4.79 Å². The maximum absolute atomic E-state index is 11.1. The third kappa shape index (κ3) is 4.17. The molecule has 0 atom stereocenters. The van der Waals surface area contributed by atoms with Gasteiger partial charge >= 0.3 is 11.9 Å². The van der Waals surface area contributed by atoms with Gasteiger partial charge in [-0.25, -0.2) is 9.59 Å². The topological polar surface area (TPSA) is 91.7 Å². The molecule has 0 aromatic heterocycles. The molecule has 0 radical (unpaired) electrons. The number of Topliss-reactive ketones (excluding diaryl/α,β-unsaturated/α-hetero) is 1. The largest absolute Gasteiger partial charge is 0.473 e. The zero-order valence-corrected chi connectivity index (χ0v) is 9.78. The number of carbonyl (C=O) groups is 3. The Morgan fingerprint density at radius 2 is 1.47 bits per heavy atom. The van der Waals surface area contributed by atoms with Gasteiger partial charge in [-0.1, -0.05) is 19.3 Å². The minimum Gasteiger partial charge on any atom is -0.473 e. The van der Waals surface area contributed by atoms with Gasteiger partial charge in [0.05, 0.1) is 0 Å². The van der Waals surface area contributed by atoms with Crippen LogP contribution in [-0.4, -0.2) is 27.9 Å². The molecule has 2 aliphatic rings. The fourth-order valence-electron chi connectivity index (χ4n) is 2.73. The van der Waals surface area contributed by atoms with Gasteiger partial charge in [0.25, 0.3) is 0 Å². The van der Waals surface area contributed by atoms with Crippen LogP contribution >= 0.6 is 0 Å². The molecule has 5 nitrogen and oxygen atoms in total. The van der Waals surface area contributed by atoms with Crippen LogP contribution in [0.1, 0.15) is 51.4 Å². The maximum Gasteiger partial charge on any atom is 0.414 e. The Labute approximate surface area is 99.8 Å². The van der Waals surface area contributed by atoms with Crippen molar-refractivity contribution in [3.05, 3.63) is 0 Å². The second-order valence-corrected chi connectivity index (χ2v) is 4.89. The van der Waals surface area contributed by atoms with Crippen molar-refractivity contribution in [3.8, 4) is 0 Å². The van der Waals surface area contributed by atoms with Crippen LogP contribution < -0.4 is 0 Å². The Morgan fingerprint density at radius 1 is 0.941 bits per heavy atom. The van der Waals surface area contributed by atoms with Gasteiger partial charge in [-0.3, -0.25) is 4.79 Å². The van der Waals surface area contributed by atoms with Crippen LogP contribution in [-0.2, 0) is 14.4 Å². The van der Waals surface area contributed by atoms with Crippen molar-refractivity contribution in [2.45, 2.75) is 51.4 Å². The molecule has 0 amide bonds. The van der Waals surface area contributed by atoms with E-state index in [0.29, 0.717) is 11.2 Å². The summed E-state index contributed by atoms with van der Waals surface area (Å²) >= 11 is 0. The van der Waals surface area contributed by atoms with Crippen LogP contribution in [0.5, 0.6) is 0 Å². The number of ketones is 1. The third-order valence-corrected chi connectivity index (χ3v) is 3.60. The Hall–Kier alpha value is -1.39. The van der Waals surface area contributed by atoms with E-state index in [1.54, 1.807) is 0 Å². The molecule has 2 fully saturated rings. The van der Waals surface area contributed by atoms with Crippen molar-refractivity contribution in [1.82, 2.24) is 0 Å². The van der Waals surface area contributed by atoms with Crippen molar-refractivity contribution in [3.63, 3.8) is 0 Å². The van der Waals surface area contributed by atoms with E-state index in [1.165, 1.54) is 38.5 Å². The number of carboxylic acids is 2. The first-order chi connectivity index (χ1) is 7.95. The second kappa shape index (κ2) is 5.80. The van der Waals surface area contributed by atoms with E-state index in [-0.39, 0.29) is 0 Å². The van der Waals surface area contributed by atoms with Crippen molar-refractivity contribution >= 4 is 17.7 Å². The lowest BCUT2D eigenvalue weighted by Gasteiger charge is -2.32. The van der Waals surface area contributed by atoms with Gasteiger partial charge in [0.2, 0.25) is 0 Å². The van der Waals surface area contributed by atoms with E-state index in [4.69, 9.17) is 19.8 Å². The number of hydrogen-bond donors (Lipinski definition) is 2. The minimum atomic E-state index is -1.82. The third-order valence-electron chi connectivity index (χ3n) is 3.60. The summed E-state index contributed by atoms with van der Waals surface area (Å²) in [6.07, 6.45) is 9.78. The molecule has 0 aliphatic heterocycles. The molecule has 17 heavy (non-hydrogen) atoms. The standard InChI is InChI=1S/C10H16O.C2H2O4/c11-9-4-7-10(8-9)5-2-1-3-6-10;3-1(4)2(5)6/h1-8H2;(H,3,4)(H,5,6). The summed E-state index contributed by atoms with van der Waals surface area (Å²) in [5.41, 5.74) is 0.495. The first kappa shape index (κ1) is 13.7. The van der Waals surface area contributed by atoms with Gasteiger partial charge in [0.1, 0.15) is 5.78 Å². The predicted molar refractivity (Wildman–Crippen MR) is 59.6 cm³/mol. The van der Waals surface area contributed by atoms with Gasteiger partial charge in [-0.15, -0.1) is 0 Å². The summed E-state index contributed by atoms with van der Waals surface area (Å²) in [6, 6.07) is 0. The molecule has 2 aliphatic carbocycles. The molecular weight excluding hydrogens is 224 g/mol. The lowest BCUT2D eigenvalue weighted by Crippen LogP contribution is -2.20. The summed E-state index contributed by atoms with van der Waals surface area (Å²) in [6.45, 7) is 0. The first-order valence-electron chi connectivity index (χ1n) is 5.93. The fraction of sp³-hybridized carbons (Fsp3) is 0.750. The van der Waals surface area contributed by atoms with Crippen LogP contribution in [0.25, 0.3) is 0 Å². The quantitative estimate of drug-likeness (QED) is 0.632. The lowest BCUT2D eigenvalue weighted by atomic mass is 9.73. The first-order valence-corrected chi connectivity index (χ1v) is 5.93. The highest BCUT2D eigenvalue weighted by Gasteiger charge is 2.38. The van der Waals surface area contributed by atoms with Crippen LogP contribution in [0.2, 0.25) is 0 Å². The monoisotopic (exact) mass is 242 g/mol. The molecule has 0 bridgehead atoms. The van der Waals surface area contributed by atoms with Gasteiger partial charge < -0.3 is 10.2 Å². The average molecular weight is 242 g/mol. The highest BCUT2D eigenvalue weighted by Crippen LogP contribution is 2.47. The van der Waals surface area contributed by atoms with E-state index in [1.807, 2.05) is 0 Å². The van der Waals surface area contributed by atoms with Gasteiger partial charge in [0, 0.05) is 12.8 Å². The molecule has 0 unspecified atom stereocenters. The molecule has 1 spiro atoms. The summed E-state index contributed by atoms with van der Waals surface area (Å²) in [5, 5.41) is 14.8. The molecule has 0 aromatic rings. The number of rotatable bonds is 0. The summed E-state index contributed by atoms with van der Waals surface area (Å²) < 4.78 is 0. The summed E-state index contributed by atoms with van der Waals surface area (Å²) in [4.78, 5) is 29.3. The van der Waals surface area contributed by atoms with Gasteiger partial charge in [-0.2, -0.15) is 0 Å². The van der Waals surface area contributed by atoms with E-state index < -0.39 is 11.9 Å². The number of carboxylic acid groups (broad SMARTS) is 2. The van der Waals surface area contributed by atoms with Crippen molar-refractivity contribution < 1.29 is 24.6 Å². The molecule has 2 saturated carbocycles. The lowest BCUT2D eigenvalue weighted by molar-refractivity contribution is -0.159. The molecule has 5 heteroatoms. The normalized spacial score (nSPS) is 21.8. The fourth-order valence-corrected chi connectivity index (χ4v) is 2.73. The van der Waals surface area contributed by atoms with Crippen LogP contribution in [0.3, 0.4) is 0 Å². The number of carbonyl (C=O) groups excluding carboxylic acids is 1. The highest BCUT2D eigenvalue weighted by atomic mass is 16.4. The summed E-state index contributed by atoms with van der Waals surface area (Å²) in [7, 11) is 0. The molecule has 96 valence electrons. The van der Waals surface area contributed by atoms with Gasteiger partial charge in [-0.05, 0) is 24.7 Å². The number of aliphatic carboxylic acids is 2. The molecule has 0 aromatic carbocycles. The Bertz CT molecular complexity index is 303. The predicted octanol–water partition coefficient (Wildman–Crippen LogP) is 1.85. The van der Waals surface area contributed by atoms with Crippen LogP contribution in [0.4, 0.5) is 0 Å². The molecular formula is C12H18O5. The maximum atomic E-state index is 11.1. The zero-order valence-electron chi connectivity index (χ0n) is 9.78. The Morgan fingerprint density at radius 3 is 1.82 bits per heavy atom. The van der Waals surface area contributed by atoms with Crippen LogP contribution in [0.15, 0.2) is 0 Å². The van der Waals surface area contributed by atoms with Crippen molar-refractivity contribution in [2.75, 3.05) is 0 Å². The minimum absolute atomic E-state index is 0.495. The Balaban J connectivity index is 0.000000209. The van der Waals surface area contributed by atoms with Crippen molar-refractivity contribution in [1.29, 1.82) is 0 Å². The van der Waals surface area contributed by atoms with Crippen molar-refractivity contribution in [2.24, 2.45) is 5.41 Å². The SMILES string of the molecule is O=C(O)C(=O)O.O=C1CCC2(CCCCC2)C1. The highest BCUT2D eigenvalue weighted by molar-refractivity contribution is 6.27. The molecule has 2 N–H and O–H groups in total. The van der Waals surface area contributed by atoms with E-state index in [2.05, 4.69) is 0 Å². The zero-order chi connectivity index (χ0) is 12.9. The van der Waals surface area contributed by atoms with Crippen LogP contribution in [0, 0.1) is 5.41 Å². The Kier molecular flexibility index (Phi) is 4.66. The molecule has 2 rings (SSSR count). The smallest absolute Gasteiger partial charge is 0.414 e. The number of hydrogen-bond acceptors (Lipinski definition) is 3. The molecule has 0 heterocycles. The molecule has 0 saturated heterocycles. The average Bonchev–Trinajstić information content (AvgIpc) is 2.61. The van der Waals surface area contributed by atoms with Gasteiger partial charge in [0.15, 0.2) is 0 Å². The van der Waals surface area contributed by atoms with E-state index >= 15 is 0 Å². The van der Waals surface area contributed by atoms with E-state index in [0.717, 1.165) is 12.8 Å². The second-order valence-electron chi connectivity index (χ2n) is 4.89.